The SMILES string of the molecule is OC1CCC2=C3C=CC4CCCC4C3CCC2C1. The number of fused-ring (bicyclic) bond motifs is 4. The minimum absolute atomic E-state index is 0.0253. The minimum atomic E-state index is -0.0253. The maximum Gasteiger partial charge on any atom is 0.0549 e. The molecule has 0 aromatic carbocycles. The van der Waals surface area contributed by atoms with Gasteiger partial charge in [0.25, 0.3) is 0 Å². The smallest absolute Gasteiger partial charge is 0.0549 e. The lowest BCUT2D eigenvalue weighted by molar-refractivity contribution is 0.110. The number of allylic oxidation sites excluding steroid dienone is 4. The van der Waals surface area contributed by atoms with Crippen LogP contribution in [-0.4, -0.2) is 11.2 Å². The first kappa shape index (κ1) is 11.3. The standard InChI is InChI=1S/C17H24O/c18-13-6-9-15-12(10-13)5-8-16-14-3-1-2-11(14)4-7-17(15)16/h4,7,11-14,16,18H,1-3,5-6,8-10H2. The summed E-state index contributed by atoms with van der Waals surface area (Å²) >= 11 is 0. The maximum atomic E-state index is 9.85. The van der Waals surface area contributed by atoms with Crippen molar-refractivity contribution in [3.05, 3.63) is 23.3 Å². The van der Waals surface area contributed by atoms with Crippen molar-refractivity contribution in [2.45, 2.75) is 57.5 Å². The van der Waals surface area contributed by atoms with E-state index in [1.807, 2.05) is 0 Å². The van der Waals surface area contributed by atoms with Gasteiger partial charge in [0.2, 0.25) is 0 Å². The molecule has 0 spiro atoms. The third-order valence-electron chi connectivity index (χ3n) is 6.06. The van der Waals surface area contributed by atoms with Gasteiger partial charge in [-0.2, -0.15) is 0 Å². The molecule has 5 atom stereocenters. The summed E-state index contributed by atoms with van der Waals surface area (Å²) in [5, 5.41) is 9.85. The highest BCUT2D eigenvalue weighted by molar-refractivity contribution is 5.37. The highest BCUT2D eigenvalue weighted by Crippen LogP contribution is 2.52. The summed E-state index contributed by atoms with van der Waals surface area (Å²) in [7, 11) is 0. The van der Waals surface area contributed by atoms with E-state index >= 15 is 0 Å². The zero-order valence-electron chi connectivity index (χ0n) is 11.1. The lowest BCUT2D eigenvalue weighted by Crippen LogP contribution is -2.32. The van der Waals surface area contributed by atoms with Crippen LogP contribution in [0.2, 0.25) is 0 Å². The molecule has 2 fully saturated rings. The quantitative estimate of drug-likeness (QED) is 0.686. The molecule has 98 valence electrons. The van der Waals surface area contributed by atoms with E-state index in [0.29, 0.717) is 5.92 Å². The Kier molecular flexibility index (Phi) is 2.65. The fraction of sp³-hybridized carbons (Fsp3) is 0.765. The maximum absolute atomic E-state index is 9.85. The predicted molar refractivity (Wildman–Crippen MR) is 73.1 cm³/mol. The molecule has 0 bridgehead atoms. The van der Waals surface area contributed by atoms with E-state index in [9.17, 15) is 5.11 Å². The molecule has 5 unspecified atom stereocenters. The molecular weight excluding hydrogens is 220 g/mol. The van der Waals surface area contributed by atoms with Crippen LogP contribution >= 0.6 is 0 Å². The normalized spacial score (nSPS) is 46.6. The molecule has 18 heavy (non-hydrogen) atoms. The largest absolute Gasteiger partial charge is 0.393 e. The van der Waals surface area contributed by atoms with Crippen LogP contribution in [0.25, 0.3) is 0 Å². The van der Waals surface area contributed by atoms with Gasteiger partial charge in [0.15, 0.2) is 0 Å². The molecule has 0 aliphatic heterocycles. The lowest BCUT2D eigenvalue weighted by atomic mass is 9.63. The van der Waals surface area contributed by atoms with Crippen molar-refractivity contribution in [2.75, 3.05) is 0 Å². The Balaban J connectivity index is 1.70. The molecule has 4 rings (SSSR count). The van der Waals surface area contributed by atoms with Gasteiger partial charge in [0, 0.05) is 0 Å². The summed E-state index contributed by atoms with van der Waals surface area (Å²) in [6.45, 7) is 0. The minimum Gasteiger partial charge on any atom is -0.393 e. The van der Waals surface area contributed by atoms with E-state index in [2.05, 4.69) is 12.2 Å². The summed E-state index contributed by atoms with van der Waals surface area (Å²) in [6, 6.07) is 0. The van der Waals surface area contributed by atoms with Gasteiger partial charge in [0.05, 0.1) is 6.10 Å². The van der Waals surface area contributed by atoms with E-state index < -0.39 is 0 Å². The molecule has 0 amide bonds. The number of hydrogen-bond acceptors (Lipinski definition) is 1. The van der Waals surface area contributed by atoms with Crippen molar-refractivity contribution < 1.29 is 5.11 Å². The molecule has 1 nitrogen and oxygen atoms in total. The Bertz CT molecular complexity index is 406. The monoisotopic (exact) mass is 244 g/mol. The Morgan fingerprint density at radius 3 is 2.94 bits per heavy atom. The van der Waals surface area contributed by atoms with Gasteiger partial charge in [-0.3, -0.25) is 0 Å². The van der Waals surface area contributed by atoms with Crippen molar-refractivity contribution in [1.82, 2.24) is 0 Å². The Morgan fingerprint density at radius 1 is 1.06 bits per heavy atom. The molecule has 4 aliphatic rings. The molecule has 0 saturated heterocycles. The van der Waals surface area contributed by atoms with Gasteiger partial charge in [0.1, 0.15) is 0 Å². The van der Waals surface area contributed by atoms with Gasteiger partial charge >= 0.3 is 0 Å². The van der Waals surface area contributed by atoms with Crippen LogP contribution in [0.15, 0.2) is 23.3 Å². The lowest BCUT2D eigenvalue weighted by Gasteiger charge is -2.42. The second-order valence-electron chi connectivity index (χ2n) is 6.91. The van der Waals surface area contributed by atoms with Crippen molar-refractivity contribution in [1.29, 1.82) is 0 Å². The number of aliphatic hydroxyl groups excluding tert-OH is 1. The molecule has 0 radical (unpaired) electrons. The summed E-state index contributed by atoms with van der Waals surface area (Å²) in [5.74, 6) is 3.45. The summed E-state index contributed by atoms with van der Waals surface area (Å²) in [5.41, 5.74) is 3.44. The van der Waals surface area contributed by atoms with E-state index in [1.165, 1.54) is 38.5 Å². The third-order valence-corrected chi connectivity index (χ3v) is 6.06. The molecule has 0 aromatic rings. The highest BCUT2D eigenvalue weighted by Gasteiger charge is 2.41. The summed E-state index contributed by atoms with van der Waals surface area (Å²) in [4.78, 5) is 0. The second-order valence-corrected chi connectivity index (χ2v) is 6.91. The molecule has 4 aliphatic carbocycles. The fourth-order valence-electron chi connectivity index (χ4n) is 5.22. The van der Waals surface area contributed by atoms with Gasteiger partial charge in [-0.15, -0.1) is 0 Å². The average Bonchev–Trinajstić information content (AvgIpc) is 2.86. The van der Waals surface area contributed by atoms with Crippen LogP contribution in [0.3, 0.4) is 0 Å². The van der Waals surface area contributed by atoms with Crippen molar-refractivity contribution in [3.8, 4) is 0 Å². The Labute approximate surface area is 110 Å². The van der Waals surface area contributed by atoms with Crippen LogP contribution in [0.5, 0.6) is 0 Å². The van der Waals surface area contributed by atoms with E-state index in [0.717, 1.165) is 30.6 Å². The molecule has 0 heterocycles. The van der Waals surface area contributed by atoms with E-state index in [1.54, 1.807) is 11.1 Å². The van der Waals surface area contributed by atoms with Gasteiger partial charge in [-0.05, 0) is 74.2 Å². The number of hydrogen-bond donors (Lipinski definition) is 1. The van der Waals surface area contributed by atoms with Crippen LogP contribution in [0.4, 0.5) is 0 Å². The van der Waals surface area contributed by atoms with Gasteiger partial charge in [-0.1, -0.05) is 24.1 Å². The number of rotatable bonds is 0. The van der Waals surface area contributed by atoms with Gasteiger partial charge in [-0.25, -0.2) is 0 Å². The first-order chi connectivity index (χ1) is 8.83. The molecule has 0 aromatic heterocycles. The third kappa shape index (κ3) is 1.63. The molecular formula is C17H24O. The Morgan fingerprint density at radius 2 is 2.00 bits per heavy atom. The van der Waals surface area contributed by atoms with E-state index in [4.69, 9.17) is 0 Å². The number of aliphatic hydroxyl groups is 1. The zero-order chi connectivity index (χ0) is 12.1. The van der Waals surface area contributed by atoms with Crippen LogP contribution in [-0.2, 0) is 0 Å². The van der Waals surface area contributed by atoms with E-state index in [-0.39, 0.29) is 6.10 Å². The highest BCUT2D eigenvalue weighted by atomic mass is 16.3. The van der Waals surface area contributed by atoms with Gasteiger partial charge < -0.3 is 5.11 Å². The zero-order valence-corrected chi connectivity index (χ0v) is 11.1. The molecule has 2 saturated carbocycles. The summed E-state index contributed by atoms with van der Waals surface area (Å²) < 4.78 is 0. The Hall–Kier alpha value is -0.560. The van der Waals surface area contributed by atoms with Crippen molar-refractivity contribution in [2.24, 2.45) is 23.7 Å². The van der Waals surface area contributed by atoms with Crippen LogP contribution < -0.4 is 0 Å². The molecule has 1 heteroatoms. The average molecular weight is 244 g/mol. The van der Waals surface area contributed by atoms with Crippen molar-refractivity contribution >= 4 is 0 Å². The van der Waals surface area contributed by atoms with Crippen LogP contribution in [0.1, 0.15) is 51.4 Å². The van der Waals surface area contributed by atoms with Crippen molar-refractivity contribution in [3.63, 3.8) is 0 Å². The topological polar surface area (TPSA) is 20.2 Å². The molecule has 1 N–H and O–H groups in total. The second kappa shape index (κ2) is 4.23. The fourth-order valence-corrected chi connectivity index (χ4v) is 5.22. The first-order valence-corrected chi connectivity index (χ1v) is 7.92. The van der Waals surface area contributed by atoms with Crippen LogP contribution in [0, 0.1) is 23.7 Å². The predicted octanol–water partition coefficient (Wildman–Crippen LogP) is 3.84. The summed E-state index contributed by atoms with van der Waals surface area (Å²) in [6.07, 6.45) is 15.3. The first-order valence-electron chi connectivity index (χ1n) is 7.92.